The molecule has 32 heavy (non-hydrogen) atoms. The highest BCUT2D eigenvalue weighted by molar-refractivity contribution is 6.00. The number of piperazine rings is 1. The third-order valence-corrected chi connectivity index (χ3v) is 6.34. The first kappa shape index (κ1) is 20.4. The zero-order valence-electron chi connectivity index (χ0n) is 18.7. The number of ether oxygens (including phenoxy) is 1. The Morgan fingerprint density at radius 3 is 2.31 bits per heavy atom. The average Bonchev–Trinajstić information content (AvgIpc) is 3.07. The fourth-order valence-electron chi connectivity index (χ4n) is 4.96. The molecule has 1 amide bonds. The molecule has 164 valence electrons. The first-order chi connectivity index (χ1) is 15.5. The maximum Gasteiger partial charge on any atom is 0.254 e. The molecule has 2 aliphatic heterocycles. The van der Waals surface area contributed by atoms with Crippen molar-refractivity contribution in [2.45, 2.75) is 38.8 Å². The summed E-state index contributed by atoms with van der Waals surface area (Å²) in [6, 6.07) is 15.8. The topological polar surface area (TPSA) is 71.5 Å². The van der Waals surface area contributed by atoms with Crippen LogP contribution >= 0.6 is 0 Å². The van der Waals surface area contributed by atoms with Crippen LogP contribution in [0, 0.1) is 13.8 Å². The molecule has 0 aliphatic carbocycles. The van der Waals surface area contributed by atoms with Crippen LogP contribution in [0.2, 0.25) is 0 Å². The fourth-order valence-corrected chi connectivity index (χ4v) is 4.96. The van der Waals surface area contributed by atoms with Crippen molar-refractivity contribution < 1.29 is 9.53 Å². The smallest absolute Gasteiger partial charge is 0.254 e. The highest BCUT2D eigenvalue weighted by Crippen LogP contribution is 2.34. The lowest BCUT2D eigenvalue weighted by atomic mass is 10.0. The SMILES string of the molecule is COc1cccc(-c2ccccc2C(=O)N2CC3CCC(C2)N3c2nc(C)cc(C)n2)n1. The minimum atomic E-state index is 0.0445. The Bertz CT molecular complexity index is 1130. The minimum Gasteiger partial charge on any atom is -0.481 e. The van der Waals surface area contributed by atoms with Crippen molar-refractivity contribution in [3.05, 3.63) is 65.5 Å². The number of benzene rings is 1. The standard InChI is InChI=1S/C25H27N5O2/c1-16-13-17(2)27-25(26-16)30-18-11-12-19(30)15-29(14-18)24(31)21-8-5-4-7-20(21)22-9-6-10-23(28-22)32-3/h4-10,13,18-19H,11-12,14-15H2,1-3H3. The number of likely N-dealkylation sites (tertiary alicyclic amines) is 1. The number of amides is 1. The molecule has 7 nitrogen and oxygen atoms in total. The maximum atomic E-state index is 13.6. The van der Waals surface area contributed by atoms with Crippen molar-refractivity contribution in [2.75, 3.05) is 25.1 Å². The molecular formula is C25H27N5O2. The van der Waals surface area contributed by atoms with Gasteiger partial charge in [-0.25, -0.2) is 15.0 Å². The van der Waals surface area contributed by atoms with E-state index in [1.165, 1.54) is 0 Å². The summed E-state index contributed by atoms with van der Waals surface area (Å²) in [5.74, 6) is 1.37. The zero-order chi connectivity index (χ0) is 22.2. The average molecular weight is 430 g/mol. The molecule has 1 aromatic carbocycles. The van der Waals surface area contributed by atoms with E-state index in [0.717, 1.165) is 41.4 Å². The third kappa shape index (κ3) is 3.68. The second-order valence-corrected chi connectivity index (χ2v) is 8.56. The van der Waals surface area contributed by atoms with Gasteiger partial charge < -0.3 is 14.5 Å². The Hall–Kier alpha value is -3.48. The van der Waals surface area contributed by atoms with E-state index >= 15 is 0 Å². The lowest BCUT2D eigenvalue weighted by Gasteiger charge is -2.41. The molecule has 3 aromatic rings. The normalized spacial score (nSPS) is 19.8. The van der Waals surface area contributed by atoms with Crippen molar-refractivity contribution in [2.24, 2.45) is 0 Å². The summed E-state index contributed by atoms with van der Waals surface area (Å²) >= 11 is 0. The quantitative estimate of drug-likeness (QED) is 0.630. The van der Waals surface area contributed by atoms with Gasteiger partial charge in [-0.05, 0) is 44.9 Å². The summed E-state index contributed by atoms with van der Waals surface area (Å²) in [7, 11) is 1.60. The zero-order valence-corrected chi connectivity index (χ0v) is 18.7. The first-order valence-corrected chi connectivity index (χ1v) is 11.0. The van der Waals surface area contributed by atoms with Crippen LogP contribution in [-0.4, -0.2) is 58.0 Å². The second-order valence-electron chi connectivity index (χ2n) is 8.56. The van der Waals surface area contributed by atoms with E-state index in [1.54, 1.807) is 13.2 Å². The minimum absolute atomic E-state index is 0.0445. The van der Waals surface area contributed by atoms with Crippen molar-refractivity contribution >= 4 is 11.9 Å². The number of hydrogen-bond donors (Lipinski definition) is 0. The van der Waals surface area contributed by atoms with Crippen LogP contribution in [0.5, 0.6) is 5.88 Å². The van der Waals surface area contributed by atoms with Gasteiger partial charge in [0, 0.05) is 53.8 Å². The molecule has 2 unspecified atom stereocenters. The van der Waals surface area contributed by atoms with Crippen LogP contribution in [0.1, 0.15) is 34.6 Å². The molecule has 0 spiro atoms. The van der Waals surface area contributed by atoms with Gasteiger partial charge >= 0.3 is 0 Å². The van der Waals surface area contributed by atoms with E-state index in [1.807, 2.05) is 61.2 Å². The highest BCUT2D eigenvalue weighted by Gasteiger charge is 2.43. The summed E-state index contributed by atoms with van der Waals surface area (Å²) < 4.78 is 5.28. The maximum absolute atomic E-state index is 13.6. The molecule has 2 saturated heterocycles. The van der Waals surface area contributed by atoms with Crippen LogP contribution in [0.4, 0.5) is 5.95 Å². The number of aryl methyl sites for hydroxylation is 2. The summed E-state index contributed by atoms with van der Waals surface area (Å²) in [6.45, 7) is 5.35. The molecule has 2 atom stereocenters. The predicted octanol–water partition coefficient (Wildman–Crippen LogP) is 3.66. The van der Waals surface area contributed by atoms with Crippen LogP contribution in [0.25, 0.3) is 11.3 Å². The van der Waals surface area contributed by atoms with Gasteiger partial charge in [-0.2, -0.15) is 0 Å². The molecule has 2 aromatic heterocycles. The van der Waals surface area contributed by atoms with E-state index in [4.69, 9.17) is 4.74 Å². The van der Waals surface area contributed by atoms with E-state index in [2.05, 4.69) is 19.9 Å². The van der Waals surface area contributed by atoms with Crippen molar-refractivity contribution in [1.82, 2.24) is 19.9 Å². The highest BCUT2D eigenvalue weighted by atomic mass is 16.5. The summed E-state index contributed by atoms with van der Waals surface area (Å²) in [5.41, 5.74) is 4.18. The number of pyridine rings is 1. The number of aromatic nitrogens is 3. The third-order valence-electron chi connectivity index (χ3n) is 6.34. The van der Waals surface area contributed by atoms with Crippen LogP contribution in [0.3, 0.4) is 0 Å². The Morgan fingerprint density at radius 1 is 0.938 bits per heavy atom. The van der Waals surface area contributed by atoms with Crippen molar-refractivity contribution in [3.63, 3.8) is 0 Å². The number of carbonyl (C=O) groups excluding carboxylic acids is 1. The van der Waals surface area contributed by atoms with Gasteiger partial charge in [-0.3, -0.25) is 4.79 Å². The lowest BCUT2D eigenvalue weighted by molar-refractivity contribution is 0.0717. The Balaban J connectivity index is 1.42. The molecule has 5 rings (SSSR count). The summed E-state index contributed by atoms with van der Waals surface area (Å²) in [6.07, 6.45) is 2.09. The van der Waals surface area contributed by atoms with Gasteiger partial charge in [-0.15, -0.1) is 0 Å². The van der Waals surface area contributed by atoms with E-state index in [0.29, 0.717) is 24.5 Å². The number of fused-ring (bicyclic) bond motifs is 2. The monoisotopic (exact) mass is 429 g/mol. The van der Waals surface area contributed by atoms with Gasteiger partial charge in [0.2, 0.25) is 11.8 Å². The number of carbonyl (C=O) groups is 1. The van der Waals surface area contributed by atoms with Crippen LogP contribution in [0.15, 0.2) is 48.5 Å². The van der Waals surface area contributed by atoms with Gasteiger partial charge in [0.05, 0.1) is 12.8 Å². The van der Waals surface area contributed by atoms with Gasteiger partial charge in [0.1, 0.15) is 0 Å². The first-order valence-electron chi connectivity index (χ1n) is 11.0. The molecule has 7 heteroatoms. The number of hydrogen-bond acceptors (Lipinski definition) is 6. The van der Waals surface area contributed by atoms with Gasteiger partial charge in [0.25, 0.3) is 5.91 Å². The van der Waals surface area contributed by atoms with Crippen LogP contribution < -0.4 is 9.64 Å². The van der Waals surface area contributed by atoms with E-state index in [-0.39, 0.29) is 18.0 Å². The predicted molar refractivity (Wildman–Crippen MR) is 123 cm³/mol. The molecule has 2 bridgehead atoms. The van der Waals surface area contributed by atoms with Gasteiger partial charge in [0.15, 0.2) is 0 Å². The number of anilines is 1. The largest absolute Gasteiger partial charge is 0.481 e. The molecule has 0 N–H and O–H groups in total. The fraction of sp³-hybridized carbons (Fsp3) is 0.360. The van der Waals surface area contributed by atoms with Crippen molar-refractivity contribution in [3.8, 4) is 17.1 Å². The Kier molecular flexibility index (Phi) is 5.25. The van der Waals surface area contributed by atoms with E-state index < -0.39 is 0 Å². The van der Waals surface area contributed by atoms with Crippen molar-refractivity contribution in [1.29, 1.82) is 0 Å². The summed E-state index contributed by atoms with van der Waals surface area (Å²) in [4.78, 5) is 31.9. The number of rotatable bonds is 4. The molecule has 0 radical (unpaired) electrons. The van der Waals surface area contributed by atoms with E-state index in [9.17, 15) is 4.79 Å². The molecule has 2 fully saturated rings. The lowest BCUT2D eigenvalue weighted by Crippen LogP contribution is -2.56. The Labute approximate surface area is 188 Å². The van der Waals surface area contributed by atoms with Crippen LogP contribution in [-0.2, 0) is 0 Å². The second kappa shape index (κ2) is 8.22. The van der Waals surface area contributed by atoms with Gasteiger partial charge in [-0.1, -0.05) is 24.3 Å². The molecule has 0 saturated carbocycles. The number of nitrogens with zero attached hydrogens (tertiary/aromatic N) is 5. The molecule has 2 aliphatic rings. The Morgan fingerprint density at radius 2 is 1.62 bits per heavy atom. The molecule has 4 heterocycles. The molecular weight excluding hydrogens is 402 g/mol. The number of methoxy groups -OCH3 is 1. The summed E-state index contributed by atoms with van der Waals surface area (Å²) in [5, 5.41) is 0.